The highest BCUT2D eigenvalue weighted by Crippen LogP contribution is 2.23. The van der Waals surface area contributed by atoms with E-state index in [0.29, 0.717) is 23.0 Å². The fourth-order valence-electron chi connectivity index (χ4n) is 2.66. The van der Waals surface area contributed by atoms with Crippen LogP contribution in [-0.2, 0) is 4.74 Å². The number of carbonyl (C=O) groups is 1. The van der Waals surface area contributed by atoms with Gasteiger partial charge in [-0.1, -0.05) is 18.2 Å². The molecule has 27 heavy (non-hydrogen) atoms. The molecular formula is C21H22N4O2. The molecule has 0 aliphatic carbocycles. The molecule has 0 saturated carbocycles. The number of carbonyl (C=O) groups excluding carboxylic acids is 1. The van der Waals surface area contributed by atoms with Crippen LogP contribution in [0.25, 0.3) is 0 Å². The largest absolute Gasteiger partial charge is 0.465 e. The lowest BCUT2D eigenvalue weighted by molar-refractivity contribution is 0.0602. The van der Waals surface area contributed by atoms with Crippen LogP contribution in [0.5, 0.6) is 0 Å². The van der Waals surface area contributed by atoms with E-state index in [0.717, 1.165) is 11.4 Å². The van der Waals surface area contributed by atoms with Crippen molar-refractivity contribution in [1.82, 2.24) is 9.97 Å². The van der Waals surface area contributed by atoms with Crippen LogP contribution in [0.15, 0.2) is 48.5 Å². The van der Waals surface area contributed by atoms with Crippen molar-refractivity contribution in [3.63, 3.8) is 0 Å². The van der Waals surface area contributed by atoms with Crippen LogP contribution >= 0.6 is 0 Å². The van der Waals surface area contributed by atoms with E-state index in [2.05, 4.69) is 46.6 Å². The first-order chi connectivity index (χ1) is 13.0. The summed E-state index contributed by atoms with van der Waals surface area (Å²) in [7, 11) is 1.36. The SMILES string of the molecule is COC(=O)c1ccccc1Nc1nc(C)cc(Nc2ccc(C)c(C)c2)n1. The van der Waals surface area contributed by atoms with Crippen molar-refractivity contribution in [3.8, 4) is 0 Å². The van der Waals surface area contributed by atoms with E-state index < -0.39 is 5.97 Å². The molecule has 0 atom stereocenters. The third-order valence-corrected chi connectivity index (χ3v) is 4.21. The Morgan fingerprint density at radius 3 is 2.44 bits per heavy atom. The van der Waals surface area contributed by atoms with Crippen molar-refractivity contribution in [2.24, 2.45) is 0 Å². The van der Waals surface area contributed by atoms with E-state index in [-0.39, 0.29) is 0 Å². The summed E-state index contributed by atoms with van der Waals surface area (Å²) < 4.78 is 4.83. The number of nitrogens with zero attached hydrogens (tertiary/aromatic N) is 2. The quantitative estimate of drug-likeness (QED) is 0.642. The van der Waals surface area contributed by atoms with E-state index in [1.807, 2.05) is 25.1 Å². The Labute approximate surface area is 158 Å². The zero-order valence-electron chi connectivity index (χ0n) is 15.8. The second-order valence-corrected chi connectivity index (χ2v) is 6.30. The van der Waals surface area contributed by atoms with Crippen LogP contribution in [0.3, 0.4) is 0 Å². The van der Waals surface area contributed by atoms with Crippen LogP contribution in [0.4, 0.5) is 23.1 Å². The third-order valence-electron chi connectivity index (χ3n) is 4.21. The molecule has 3 aromatic rings. The molecule has 6 nitrogen and oxygen atoms in total. The van der Waals surface area contributed by atoms with Gasteiger partial charge in [-0.25, -0.2) is 9.78 Å². The number of aromatic nitrogens is 2. The predicted octanol–water partition coefficient (Wildman–Crippen LogP) is 4.68. The Hall–Kier alpha value is -3.41. The monoisotopic (exact) mass is 362 g/mol. The molecule has 0 saturated heterocycles. The fraction of sp³-hybridized carbons (Fsp3) is 0.190. The number of methoxy groups -OCH3 is 1. The highest BCUT2D eigenvalue weighted by molar-refractivity contribution is 5.96. The second kappa shape index (κ2) is 7.86. The number of hydrogen-bond acceptors (Lipinski definition) is 6. The first-order valence-corrected chi connectivity index (χ1v) is 8.60. The van der Waals surface area contributed by atoms with Gasteiger partial charge in [-0.3, -0.25) is 0 Å². The summed E-state index contributed by atoms with van der Waals surface area (Å²) in [4.78, 5) is 20.9. The molecule has 3 rings (SSSR count). The summed E-state index contributed by atoms with van der Waals surface area (Å²) in [5.74, 6) is 0.653. The standard InChI is InChI=1S/C21H22N4O2/c1-13-9-10-16(11-14(13)2)23-19-12-15(3)22-21(25-19)24-18-8-6-5-7-17(18)20(26)27-4/h5-12H,1-4H3,(H2,22,23,24,25). The van der Waals surface area contributed by atoms with Gasteiger partial charge >= 0.3 is 5.97 Å². The van der Waals surface area contributed by atoms with Crippen molar-refractivity contribution in [1.29, 1.82) is 0 Å². The van der Waals surface area contributed by atoms with Crippen molar-refractivity contribution in [2.75, 3.05) is 17.7 Å². The minimum atomic E-state index is -0.417. The van der Waals surface area contributed by atoms with Gasteiger partial charge < -0.3 is 15.4 Å². The van der Waals surface area contributed by atoms with Gasteiger partial charge in [0.15, 0.2) is 0 Å². The number of rotatable bonds is 5. The molecule has 1 heterocycles. The zero-order chi connectivity index (χ0) is 19.4. The maximum atomic E-state index is 11.9. The molecule has 0 spiro atoms. The minimum Gasteiger partial charge on any atom is -0.465 e. The number of ether oxygens (including phenoxy) is 1. The summed E-state index contributed by atoms with van der Waals surface area (Å²) in [6.07, 6.45) is 0. The van der Waals surface area contributed by atoms with Crippen molar-refractivity contribution >= 4 is 29.1 Å². The molecule has 0 bridgehead atoms. The lowest BCUT2D eigenvalue weighted by Crippen LogP contribution is -2.08. The van der Waals surface area contributed by atoms with Crippen LogP contribution in [0.1, 0.15) is 27.2 Å². The number of para-hydroxylation sites is 1. The molecule has 2 aromatic carbocycles. The number of esters is 1. The third kappa shape index (κ3) is 4.41. The van der Waals surface area contributed by atoms with E-state index in [9.17, 15) is 4.79 Å². The molecule has 138 valence electrons. The molecule has 6 heteroatoms. The van der Waals surface area contributed by atoms with Gasteiger partial charge in [-0.2, -0.15) is 4.98 Å². The van der Waals surface area contributed by atoms with E-state index in [4.69, 9.17) is 4.74 Å². The van der Waals surface area contributed by atoms with Gasteiger partial charge in [0.2, 0.25) is 5.95 Å². The Kier molecular flexibility index (Phi) is 5.35. The number of hydrogen-bond donors (Lipinski definition) is 2. The van der Waals surface area contributed by atoms with Gasteiger partial charge in [-0.05, 0) is 56.2 Å². The first-order valence-electron chi connectivity index (χ1n) is 8.60. The highest BCUT2D eigenvalue weighted by atomic mass is 16.5. The van der Waals surface area contributed by atoms with Gasteiger partial charge in [0.05, 0.1) is 18.4 Å². The first kappa shape index (κ1) is 18.4. The van der Waals surface area contributed by atoms with Crippen molar-refractivity contribution in [2.45, 2.75) is 20.8 Å². The summed E-state index contributed by atoms with van der Waals surface area (Å²) in [5.41, 5.74) is 5.21. The number of nitrogens with one attached hydrogen (secondary N) is 2. The smallest absolute Gasteiger partial charge is 0.339 e. The maximum Gasteiger partial charge on any atom is 0.339 e. The topological polar surface area (TPSA) is 76.1 Å². The molecular weight excluding hydrogens is 340 g/mol. The Morgan fingerprint density at radius 2 is 1.70 bits per heavy atom. The summed E-state index contributed by atoms with van der Waals surface area (Å²) in [6, 6.07) is 15.1. The number of anilines is 4. The minimum absolute atomic E-state index is 0.401. The Balaban J connectivity index is 1.88. The van der Waals surface area contributed by atoms with Crippen molar-refractivity contribution < 1.29 is 9.53 Å². The average molecular weight is 362 g/mol. The second-order valence-electron chi connectivity index (χ2n) is 6.30. The van der Waals surface area contributed by atoms with Gasteiger partial charge in [0.25, 0.3) is 0 Å². The summed E-state index contributed by atoms with van der Waals surface area (Å²) >= 11 is 0. The van der Waals surface area contributed by atoms with Crippen LogP contribution in [-0.4, -0.2) is 23.0 Å². The van der Waals surface area contributed by atoms with Gasteiger partial charge in [0, 0.05) is 17.4 Å². The van der Waals surface area contributed by atoms with Crippen LogP contribution in [0, 0.1) is 20.8 Å². The summed E-state index contributed by atoms with van der Waals surface area (Å²) in [6.45, 7) is 6.04. The average Bonchev–Trinajstić information content (AvgIpc) is 2.64. The predicted molar refractivity (Wildman–Crippen MR) is 107 cm³/mol. The molecule has 0 aliphatic heterocycles. The van der Waals surface area contributed by atoms with Gasteiger partial charge in [0.1, 0.15) is 5.82 Å². The molecule has 0 radical (unpaired) electrons. The van der Waals surface area contributed by atoms with E-state index >= 15 is 0 Å². The molecule has 0 fully saturated rings. The van der Waals surface area contributed by atoms with Crippen LogP contribution in [0.2, 0.25) is 0 Å². The molecule has 0 aliphatic rings. The zero-order valence-corrected chi connectivity index (χ0v) is 15.8. The van der Waals surface area contributed by atoms with Crippen molar-refractivity contribution in [3.05, 3.63) is 70.9 Å². The van der Waals surface area contributed by atoms with E-state index in [1.165, 1.54) is 18.2 Å². The molecule has 1 aromatic heterocycles. The molecule has 2 N–H and O–H groups in total. The van der Waals surface area contributed by atoms with Gasteiger partial charge in [-0.15, -0.1) is 0 Å². The Morgan fingerprint density at radius 1 is 0.926 bits per heavy atom. The normalized spacial score (nSPS) is 10.4. The lowest BCUT2D eigenvalue weighted by Gasteiger charge is -2.12. The van der Waals surface area contributed by atoms with Crippen LogP contribution < -0.4 is 10.6 Å². The highest BCUT2D eigenvalue weighted by Gasteiger charge is 2.12. The Bertz CT molecular complexity index is 986. The van der Waals surface area contributed by atoms with E-state index in [1.54, 1.807) is 18.2 Å². The fourth-order valence-corrected chi connectivity index (χ4v) is 2.66. The molecule has 0 unspecified atom stereocenters. The number of aryl methyl sites for hydroxylation is 3. The maximum absolute atomic E-state index is 11.9. The molecule has 0 amide bonds. The number of benzene rings is 2. The lowest BCUT2D eigenvalue weighted by atomic mass is 10.1. The summed E-state index contributed by atoms with van der Waals surface area (Å²) in [5, 5.41) is 6.42.